The molecule has 0 unspecified atom stereocenters. The lowest BCUT2D eigenvalue weighted by Gasteiger charge is -2.29. The Hall–Kier alpha value is -2.12. The van der Waals surface area contributed by atoms with Gasteiger partial charge in [-0.25, -0.2) is 8.42 Å². The molecule has 0 amide bonds. The Labute approximate surface area is 147 Å². The second-order valence-electron chi connectivity index (χ2n) is 5.83. The third kappa shape index (κ3) is 4.70. The van der Waals surface area contributed by atoms with Gasteiger partial charge in [-0.3, -0.25) is 14.2 Å². The summed E-state index contributed by atoms with van der Waals surface area (Å²) in [5.74, 6) is -0.391. The monoisotopic (exact) mass is 364 g/mol. The fraction of sp³-hybridized carbons (Fsp3) is 0.333. The van der Waals surface area contributed by atoms with Crippen molar-refractivity contribution in [3.05, 3.63) is 59.9 Å². The summed E-state index contributed by atoms with van der Waals surface area (Å²) in [5.41, 5.74) is 1.55. The Kier molecular flexibility index (Phi) is 6.39. The summed E-state index contributed by atoms with van der Waals surface area (Å²) >= 11 is 0. The van der Waals surface area contributed by atoms with Crippen LogP contribution in [0.2, 0.25) is 0 Å². The molecule has 0 radical (unpaired) electrons. The second kappa shape index (κ2) is 8.31. The lowest BCUT2D eigenvalue weighted by molar-refractivity contribution is -0.121. The predicted octanol–water partition coefficient (Wildman–Crippen LogP) is 2.90. The first-order valence-electron chi connectivity index (χ1n) is 7.90. The zero-order valence-corrected chi connectivity index (χ0v) is 15.0. The fourth-order valence-electron chi connectivity index (χ4n) is 2.53. The van der Waals surface area contributed by atoms with E-state index in [4.69, 9.17) is 0 Å². The summed E-state index contributed by atoms with van der Waals surface area (Å²) in [6.07, 6.45) is 2.93. The molecule has 0 aliphatic rings. The molecule has 2 rings (SSSR count). The van der Waals surface area contributed by atoms with Crippen molar-refractivity contribution in [2.45, 2.75) is 37.8 Å². The molecule has 0 spiro atoms. The summed E-state index contributed by atoms with van der Waals surface area (Å²) in [4.78, 5) is 16.1. The van der Waals surface area contributed by atoms with Crippen molar-refractivity contribution in [2.24, 2.45) is 0 Å². The normalized spacial score (nSPS) is 13.0. The standard InChI is InChI=1S/C18H21FN2O3S/c1-14-5-7-17(8-6-14)25(23,24)21(18(9-10-19)15(2)22)13-16-4-3-11-20-12-16/h3-8,11-12,18H,9-10,13H2,1-2H3/t18-/m0/s1. The van der Waals surface area contributed by atoms with Gasteiger partial charge in [0.25, 0.3) is 0 Å². The highest BCUT2D eigenvalue weighted by molar-refractivity contribution is 7.89. The number of sulfonamides is 1. The zero-order chi connectivity index (χ0) is 18.4. The van der Waals surface area contributed by atoms with Gasteiger partial charge < -0.3 is 0 Å². The van der Waals surface area contributed by atoms with E-state index in [1.165, 1.54) is 25.3 Å². The predicted molar refractivity (Wildman–Crippen MR) is 93.2 cm³/mol. The highest BCUT2D eigenvalue weighted by Gasteiger charge is 2.34. The maximum absolute atomic E-state index is 13.1. The van der Waals surface area contributed by atoms with Gasteiger partial charge >= 0.3 is 0 Å². The molecule has 0 saturated carbocycles. The van der Waals surface area contributed by atoms with Gasteiger partial charge in [0.05, 0.1) is 17.6 Å². The minimum Gasteiger partial charge on any atom is -0.298 e. The van der Waals surface area contributed by atoms with Crippen molar-refractivity contribution < 1.29 is 17.6 Å². The molecule has 5 nitrogen and oxygen atoms in total. The maximum atomic E-state index is 13.1. The topological polar surface area (TPSA) is 67.3 Å². The van der Waals surface area contributed by atoms with Crippen LogP contribution in [0.25, 0.3) is 0 Å². The third-order valence-corrected chi connectivity index (χ3v) is 5.76. The van der Waals surface area contributed by atoms with Crippen LogP contribution in [0.3, 0.4) is 0 Å². The lowest BCUT2D eigenvalue weighted by Crippen LogP contribution is -2.44. The maximum Gasteiger partial charge on any atom is 0.244 e. The van der Waals surface area contributed by atoms with Gasteiger partial charge in [0, 0.05) is 18.9 Å². The van der Waals surface area contributed by atoms with E-state index in [0.717, 1.165) is 9.87 Å². The Morgan fingerprint density at radius 2 is 1.92 bits per heavy atom. The second-order valence-corrected chi connectivity index (χ2v) is 7.72. The van der Waals surface area contributed by atoms with E-state index in [0.29, 0.717) is 5.56 Å². The van der Waals surface area contributed by atoms with Crippen LogP contribution in [-0.2, 0) is 21.4 Å². The van der Waals surface area contributed by atoms with E-state index < -0.39 is 28.5 Å². The van der Waals surface area contributed by atoms with Gasteiger partial charge in [-0.1, -0.05) is 23.8 Å². The number of carbonyl (C=O) groups is 1. The van der Waals surface area contributed by atoms with Gasteiger partial charge in [-0.15, -0.1) is 0 Å². The Balaban J connectivity index is 2.48. The summed E-state index contributed by atoms with van der Waals surface area (Å²) in [7, 11) is -3.96. The van der Waals surface area contributed by atoms with E-state index in [1.54, 1.807) is 30.5 Å². The number of rotatable bonds is 8. The van der Waals surface area contributed by atoms with E-state index in [9.17, 15) is 17.6 Å². The minimum absolute atomic E-state index is 0.0473. The average Bonchev–Trinajstić information content (AvgIpc) is 2.59. The van der Waals surface area contributed by atoms with Crippen molar-refractivity contribution in [1.82, 2.24) is 9.29 Å². The third-order valence-electron chi connectivity index (χ3n) is 3.89. The number of alkyl halides is 1. The van der Waals surface area contributed by atoms with Crippen LogP contribution in [0.1, 0.15) is 24.5 Å². The number of hydrogen-bond donors (Lipinski definition) is 0. The molecule has 1 atom stereocenters. The summed E-state index contributed by atoms with van der Waals surface area (Å²) in [5, 5.41) is 0. The van der Waals surface area contributed by atoms with Crippen LogP contribution in [0.15, 0.2) is 53.7 Å². The SMILES string of the molecule is CC(=O)[C@H](CCF)N(Cc1cccnc1)S(=O)(=O)c1ccc(C)cc1. The van der Waals surface area contributed by atoms with Crippen molar-refractivity contribution in [3.8, 4) is 0 Å². The molecule has 1 aromatic carbocycles. The van der Waals surface area contributed by atoms with Crippen LogP contribution < -0.4 is 0 Å². The number of carbonyl (C=O) groups excluding carboxylic acids is 1. The quantitative estimate of drug-likeness (QED) is 0.722. The first-order valence-corrected chi connectivity index (χ1v) is 9.34. The van der Waals surface area contributed by atoms with Gasteiger partial charge in [0.15, 0.2) is 0 Å². The van der Waals surface area contributed by atoms with Crippen molar-refractivity contribution in [3.63, 3.8) is 0 Å². The number of Topliss-reactive ketones (excluding diaryl/α,β-unsaturated/α-hetero) is 1. The highest BCUT2D eigenvalue weighted by atomic mass is 32.2. The van der Waals surface area contributed by atoms with E-state index in [2.05, 4.69) is 4.98 Å². The fourth-order valence-corrected chi connectivity index (χ4v) is 4.19. The number of aromatic nitrogens is 1. The minimum atomic E-state index is -3.96. The molecule has 134 valence electrons. The lowest BCUT2D eigenvalue weighted by atomic mass is 10.1. The number of halogens is 1. The molecule has 0 saturated heterocycles. The number of aryl methyl sites for hydroxylation is 1. The van der Waals surface area contributed by atoms with Gasteiger partial charge in [0.1, 0.15) is 5.78 Å². The summed E-state index contributed by atoms with van der Waals surface area (Å²) < 4.78 is 40.2. The number of ketones is 1. The number of benzene rings is 1. The van der Waals surface area contributed by atoms with Crippen LogP contribution in [0.4, 0.5) is 4.39 Å². The zero-order valence-electron chi connectivity index (χ0n) is 14.2. The van der Waals surface area contributed by atoms with Crippen molar-refractivity contribution >= 4 is 15.8 Å². The first-order chi connectivity index (χ1) is 11.9. The number of pyridine rings is 1. The van der Waals surface area contributed by atoms with Crippen molar-refractivity contribution in [1.29, 1.82) is 0 Å². The van der Waals surface area contributed by atoms with Crippen LogP contribution in [0.5, 0.6) is 0 Å². The summed E-state index contributed by atoms with van der Waals surface area (Å²) in [6.45, 7) is 2.30. The van der Waals surface area contributed by atoms with Crippen LogP contribution in [-0.4, -0.2) is 36.2 Å². The smallest absolute Gasteiger partial charge is 0.244 e. The molecule has 2 aromatic rings. The number of hydrogen-bond acceptors (Lipinski definition) is 4. The van der Waals surface area contributed by atoms with E-state index in [1.807, 2.05) is 6.92 Å². The number of nitrogens with zero attached hydrogens (tertiary/aromatic N) is 2. The largest absolute Gasteiger partial charge is 0.298 e. The average molecular weight is 364 g/mol. The Bertz CT molecular complexity index is 808. The molecule has 7 heteroatoms. The van der Waals surface area contributed by atoms with Gasteiger partial charge in [0.2, 0.25) is 10.0 Å². The van der Waals surface area contributed by atoms with Gasteiger partial charge in [-0.05, 0) is 44.0 Å². The van der Waals surface area contributed by atoms with Gasteiger partial charge in [-0.2, -0.15) is 4.31 Å². The Morgan fingerprint density at radius 3 is 2.44 bits per heavy atom. The summed E-state index contributed by atoms with van der Waals surface area (Å²) in [6, 6.07) is 8.71. The molecular formula is C18H21FN2O3S. The molecule has 25 heavy (non-hydrogen) atoms. The van der Waals surface area contributed by atoms with Crippen LogP contribution in [0, 0.1) is 6.92 Å². The first kappa shape index (κ1) is 19.2. The van der Waals surface area contributed by atoms with Crippen molar-refractivity contribution in [2.75, 3.05) is 6.67 Å². The molecule has 0 bridgehead atoms. The molecule has 0 aliphatic carbocycles. The molecule has 0 aliphatic heterocycles. The Morgan fingerprint density at radius 1 is 1.24 bits per heavy atom. The highest BCUT2D eigenvalue weighted by Crippen LogP contribution is 2.23. The molecular weight excluding hydrogens is 343 g/mol. The van der Waals surface area contributed by atoms with Crippen LogP contribution >= 0.6 is 0 Å². The van der Waals surface area contributed by atoms with E-state index in [-0.39, 0.29) is 17.9 Å². The molecule has 0 N–H and O–H groups in total. The molecule has 1 heterocycles. The van der Waals surface area contributed by atoms with E-state index >= 15 is 0 Å². The molecule has 0 fully saturated rings. The molecule has 1 aromatic heterocycles.